The van der Waals surface area contributed by atoms with E-state index in [2.05, 4.69) is 25.2 Å². The van der Waals surface area contributed by atoms with Gasteiger partial charge in [-0.2, -0.15) is 4.98 Å². The predicted octanol–water partition coefficient (Wildman–Crippen LogP) is 3.62. The number of hydrogen-bond acceptors (Lipinski definition) is 7. The summed E-state index contributed by atoms with van der Waals surface area (Å²) in [7, 11) is 5.26. The van der Waals surface area contributed by atoms with Crippen LogP contribution in [0.1, 0.15) is 11.3 Å². The van der Waals surface area contributed by atoms with Crippen LogP contribution in [0, 0.1) is 6.92 Å². The van der Waals surface area contributed by atoms with Crippen molar-refractivity contribution in [3.8, 4) is 11.5 Å². The third kappa shape index (κ3) is 4.88. The van der Waals surface area contributed by atoms with E-state index < -0.39 is 0 Å². The third-order valence-corrected chi connectivity index (χ3v) is 4.36. The average molecular weight is 379 g/mol. The highest BCUT2D eigenvalue weighted by atomic mass is 16.5. The Hall–Kier alpha value is -3.35. The average Bonchev–Trinajstić information content (AvgIpc) is 2.72. The van der Waals surface area contributed by atoms with Crippen molar-refractivity contribution < 1.29 is 9.47 Å². The first-order valence-electron chi connectivity index (χ1n) is 9.04. The lowest BCUT2D eigenvalue weighted by Gasteiger charge is -2.19. The molecule has 2 aromatic heterocycles. The number of pyridine rings is 1. The predicted molar refractivity (Wildman–Crippen MR) is 111 cm³/mol. The number of aryl methyl sites for hydroxylation is 1. The van der Waals surface area contributed by atoms with E-state index in [1.165, 1.54) is 5.56 Å². The fourth-order valence-corrected chi connectivity index (χ4v) is 2.81. The number of methoxy groups -OCH3 is 2. The van der Waals surface area contributed by atoms with Gasteiger partial charge in [-0.25, -0.2) is 4.98 Å². The molecule has 0 saturated heterocycles. The number of ether oxygens (including phenoxy) is 2. The molecule has 2 heterocycles. The van der Waals surface area contributed by atoms with Crippen LogP contribution >= 0.6 is 0 Å². The van der Waals surface area contributed by atoms with Crippen LogP contribution in [0.15, 0.2) is 48.8 Å². The zero-order chi connectivity index (χ0) is 19.9. The van der Waals surface area contributed by atoms with Crippen molar-refractivity contribution in [1.82, 2.24) is 15.0 Å². The van der Waals surface area contributed by atoms with Crippen LogP contribution in [0.5, 0.6) is 11.5 Å². The van der Waals surface area contributed by atoms with Gasteiger partial charge in [0.25, 0.3) is 0 Å². The minimum absolute atomic E-state index is 0.540. The summed E-state index contributed by atoms with van der Waals surface area (Å²) in [6.07, 6.45) is 4.55. The number of aromatic nitrogens is 3. The minimum atomic E-state index is 0.540. The van der Waals surface area contributed by atoms with Crippen molar-refractivity contribution in [2.45, 2.75) is 13.3 Å². The van der Waals surface area contributed by atoms with Crippen LogP contribution in [-0.2, 0) is 6.42 Å². The first kappa shape index (κ1) is 19.4. The van der Waals surface area contributed by atoms with E-state index in [1.807, 2.05) is 62.8 Å². The maximum Gasteiger partial charge on any atom is 0.229 e. The van der Waals surface area contributed by atoms with Gasteiger partial charge in [-0.3, -0.25) is 4.98 Å². The molecule has 7 nitrogen and oxygen atoms in total. The Labute approximate surface area is 165 Å². The highest BCUT2D eigenvalue weighted by Crippen LogP contribution is 2.30. The van der Waals surface area contributed by atoms with Crippen LogP contribution in [-0.4, -0.2) is 42.8 Å². The molecular weight excluding hydrogens is 354 g/mol. The molecule has 0 radical (unpaired) electrons. The fourth-order valence-electron chi connectivity index (χ4n) is 2.81. The number of anilines is 3. The highest BCUT2D eigenvalue weighted by molar-refractivity contribution is 5.60. The van der Waals surface area contributed by atoms with Crippen LogP contribution in [0.3, 0.4) is 0 Å². The summed E-state index contributed by atoms with van der Waals surface area (Å²) in [5, 5.41) is 3.25. The maximum atomic E-state index is 5.36. The molecule has 0 aliphatic carbocycles. The maximum absolute atomic E-state index is 5.36. The number of benzene rings is 1. The van der Waals surface area contributed by atoms with Crippen molar-refractivity contribution in [2.75, 3.05) is 38.0 Å². The third-order valence-electron chi connectivity index (χ3n) is 4.36. The molecule has 0 aliphatic heterocycles. The summed E-state index contributed by atoms with van der Waals surface area (Å²) < 4.78 is 10.6. The molecule has 0 atom stereocenters. The molecule has 146 valence electrons. The summed E-state index contributed by atoms with van der Waals surface area (Å²) in [5.74, 6) is 2.73. The van der Waals surface area contributed by atoms with Crippen molar-refractivity contribution in [2.24, 2.45) is 0 Å². The standard InChI is InChI=1S/C21H25N5O2/c1-15-13-20(26(2)12-9-16-7-10-22-11-8-16)25-21(23-15)24-17-5-6-18(27-3)19(14-17)28-4/h5-8,10-11,13-14H,9,12H2,1-4H3,(H,23,24,25). The van der Waals surface area contributed by atoms with E-state index in [9.17, 15) is 0 Å². The van der Waals surface area contributed by atoms with Gasteiger partial charge in [0, 0.05) is 49.5 Å². The molecule has 0 bridgehead atoms. The van der Waals surface area contributed by atoms with Gasteiger partial charge in [-0.05, 0) is 43.2 Å². The molecule has 0 saturated carbocycles. The molecule has 3 aromatic rings. The quantitative estimate of drug-likeness (QED) is 0.641. The first-order chi connectivity index (χ1) is 13.6. The lowest BCUT2D eigenvalue weighted by molar-refractivity contribution is 0.355. The van der Waals surface area contributed by atoms with Crippen LogP contribution in [0.25, 0.3) is 0 Å². The Morgan fingerprint density at radius 2 is 1.71 bits per heavy atom. The molecule has 0 fully saturated rings. The van der Waals surface area contributed by atoms with E-state index in [4.69, 9.17) is 9.47 Å². The largest absolute Gasteiger partial charge is 0.493 e. The second-order valence-electron chi connectivity index (χ2n) is 6.41. The number of rotatable bonds is 8. The Morgan fingerprint density at radius 3 is 2.43 bits per heavy atom. The van der Waals surface area contributed by atoms with Gasteiger partial charge in [0.15, 0.2) is 11.5 Å². The molecule has 28 heavy (non-hydrogen) atoms. The van der Waals surface area contributed by atoms with E-state index >= 15 is 0 Å². The first-order valence-corrected chi connectivity index (χ1v) is 9.04. The van der Waals surface area contributed by atoms with Gasteiger partial charge >= 0.3 is 0 Å². The smallest absolute Gasteiger partial charge is 0.229 e. The van der Waals surface area contributed by atoms with Gasteiger partial charge in [-0.15, -0.1) is 0 Å². The summed E-state index contributed by atoms with van der Waals surface area (Å²) in [6.45, 7) is 2.80. The molecule has 0 unspecified atom stereocenters. The summed E-state index contributed by atoms with van der Waals surface area (Å²) in [4.78, 5) is 15.3. The fraction of sp³-hybridized carbons (Fsp3) is 0.286. The van der Waals surface area contributed by atoms with E-state index in [-0.39, 0.29) is 0 Å². The van der Waals surface area contributed by atoms with Crippen molar-refractivity contribution >= 4 is 17.5 Å². The number of hydrogen-bond donors (Lipinski definition) is 1. The summed E-state index contributed by atoms with van der Waals surface area (Å²) in [5.41, 5.74) is 2.97. The van der Waals surface area contributed by atoms with Crippen LogP contribution in [0.2, 0.25) is 0 Å². The number of nitrogens with zero attached hydrogens (tertiary/aromatic N) is 4. The minimum Gasteiger partial charge on any atom is -0.493 e. The normalized spacial score (nSPS) is 10.4. The molecule has 0 aliphatic rings. The van der Waals surface area contributed by atoms with Gasteiger partial charge in [0.2, 0.25) is 5.95 Å². The topological polar surface area (TPSA) is 72.4 Å². The second kappa shape index (κ2) is 9.03. The molecule has 7 heteroatoms. The summed E-state index contributed by atoms with van der Waals surface area (Å²) >= 11 is 0. The SMILES string of the molecule is COc1ccc(Nc2nc(C)cc(N(C)CCc3ccncc3)n2)cc1OC. The van der Waals surface area contributed by atoms with Gasteiger partial charge < -0.3 is 19.7 Å². The molecule has 0 spiro atoms. The molecule has 1 aromatic carbocycles. The Morgan fingerprint density at radius 1 is 0.964 bits per heavy atom. The van der Waals surface area contributed by atoms with Crippen LogP contribution < -0.4 is 19.7 Å². The summed E-state index contributed by atoms with van der Waals surface area (Å²) in [6, 6.07) is 11.6. The Balaban J connectivity index is 1.74. The second-order valence-corrected chi connectivity index (χ2v) is 6.41. The van der Waals surface area contributed by atoms with Gasteiger partial charge in [0.05, 0.1) is 14.2 Å². The number of likely N-dealkylation sites (N-methyl/N-ethyl adjacent to an activating group) is 1. The van der Waals surface area contributed by atoms with Crippen molar-refractivity contribution in [1.29, 1.82) is 0 Å². The molecular formula is C21H25N5O2. The van der Waals surface area contributed by atoms with E-state index in [0.29, 0.717) is 17.4 Å². The zero-order valence-corrected chi connectivity index (χ0v) is 16.6. The lowest BCUT2D eigenvalue weighted by Crippen LogP contribution is -2.22. The number of nitrogens with one attached hydrogen (secondary N) is 1. The Bertz CT molecular complexity index is 918. The van der Waals surface area contributed by atoms with Crippen LogP contribution in [0.4, 0.5) is 17.5 Å². The monoisotopic (exact) mass is 379 g/mol. The zero-order valence-electron chi connectivity index (χ0n) is 16.6. The highest BCUT2D eigenvalue weighted by Gasteiger charge is 2.09. The van der Waals surface area contributed by atoms with Crippen molar-refractivity contribution in [3.05, 3.63) is 60.0 Å². The molecule has 0 amide bonds. The van der Waals surface area contributed by atoms with Gasteiger partial charge in [-0.1, -0.05) is 0 Å². The Kier molecular flexibility index (Phi) is 6.26. The lowest BCUT2D eigenvalue weighted by atomic mass is 10.2. The van der Waals surface area contributed by atoms with Crippen molar-refractivity contribution in [3.63, 3.8) is 0 Å². The molecule has 3 rings (SSSR count). The van der Waals surface area contributed by atoms with Gasteiger partial charge in [0.1, 0.15) is 5.82 Å². The van der Waals surface area contributed by atoms with E-state index in [1.54, 1.807) is 14.2 Å². The van der Waals surface area contributed by atoms with E-state index in [0.717, 1.165) is 30.2 Å². The molecule has 1 N–H and O–H groups in total.